The first-order chi connectivity index (χ1) is 9.49. The van der Waals surface area contributed by atoms with Crippen LogP contribution in [0.5, 0.6) is 0 Å². The minimum Gasteiger partial charge on any atom is -0.394 e. The van der Waals surface area contributed by atoms with E-state index in [1.807, 2.05) is 0 Å². The molecule has 21 heavy (non-hydrogen) atoms. The molecule has 0 N–H and O–H groups in total. The molecule has 0 aliphatic carbocycles. The van der Waals surface area contributed by atoms with Crippen molar-refractivity contribution in [2.24, 2.45) is 0 Å². The van der Waals surface area contributed by atoms with Gasteiger partial charge in [0.15, 0.2) is 13.6 Å². The molecule has 2 heterocycles. The van der Waals surface area contributed by atoms with Crippen LogP contribution in [-0.2, 0) is 13.9 Å². The largest absolute Gasteiger partial charge is 0.394 e. The molecule has 0 spiro atoms. The van der Waals surface area contributed by atoms with Crippen molar-refractivity contribution in [3.63, 3.8) is 0 Å². The second-order valence-corrected chi connectivity index (χ2v) is 36.0. The molecule has 2 aliphatic heterocycles. The molecule has 3 nitrogen and oxygen atoms in total. The van der Waals surface area contributed by atoms with Crippen molar-refractivity contribution in [1.82, 2.24) is 0 Å². The summed E-state index contributed by atoms with van der Waals surface area (Å²) in [4.78, 5) is 0. The maximum atomic E-state index is 6.64. The number of unbranched alkanes of at least 4 members (excludes halogenated alkanes) is 1. The van der Waals surface area contributed by atoms with Gasteiger partial charge in [0.25, 0.3) is 0 Å². The lowest BCUT2D eigenvalue weighted by molar-refractivity contribution is -0.162. The number of hydrogen-bond acceptors (Lipinski definition) is 3. The van der Waals surface area contributed by atoms with Crippen LogP contribution in [0.25, 0.3) is 0 Å². The van der Waals surface area contributed by atoms with Crippen molar-refractivity contribution in [3.8, 4) is 0 Å². The zero-order valence-electron chi connectivity index (χ0n) is 15.0. The Labute approximate surface area is 133 Å². The lowest BCUT2D eigenvalue weighted by atomic mass is 10.2. The zero-order valence-corrected chi connectivity index (χ0v) is 18.0. The van der Waals surface area contributed by atoms with E-state index in [-0.39, 0.29) is 5.79 Å². The van der Waals surface area contributed by atoms with Crippen LogP contribution < -0.4 is 0 Å². The van der Waals surface area contributed by atoms with Gasteiger partial charge in [-0.2, -0.15) is 0 Å². The Hall–Kier alpha value is 0.531. The van der Waals surface area contributed by atoms with Crippen molar-refractivity contribution in [2.75, 3.05) is 13.2 Å². The number of hydrogen-bond donors (Lipinski definition) is 0. The normalized spacial score (nSPS) is 36.4. The molecule has 0 aromatic heterocycles. The van der Waals surface area contributed by atoms with Crippen LogP contribution >= 0.6 is 0 Å². The predicted octanol–water partition coefficient (Wildman–Crippen LogP) is 4.10. The van der Waals surface area contributed by atoms with Crippen LogP contribution in [0.2, 0.25) is 45.3 Å². The smallest absolute Gasteiger partial charge is 0.175 e. The van der Waals surface area contributed by atoms with E-state index in [1.54, 1.807) is 0 Å². The summed E-state index contributed by atoms with van der Waals surface area (Å²) in [5, 5.41) is 0. The van der Waals surface area contributed by atoms with Crippen LogP contribution in [0.15, 0.2) is 0 Å². The van der Waals surface area contributed by atoms with Crippen molar-refractivity contribution in [2.45, 2.75) is 83.4 Å². The number of epoxide rings is 1. The van der Waals surface area contributed by atoms with Gasteiger partial charge in [-0.25, -0.2) is 0 Å². The third-order valence-corrected chi connectivity index (χ3v) is 46.6. The van der Waals surface area contributed by atoms with Gasteiger partial charge in [0, 0.05) is 14.2 Å². The average molecular weight is 347 g/mol. The highest BCUT2D eigenvalue weighted by molar-refractivity contribution is 7.67. The molecule has 2 atom stereocenters. The van der Waals surface area contributed by atoms with Crippen LogP contribution in [0.3, 0.4) is 0 Å². The lowest BCUT2D eigenvalue weighted by Gasteiger charge is -2.58. The van der Waals surface area contributed by atoms with Crippen molar-refractivity contribution < 1.29 is 13.9 Å². The SMILES string of the molecule is CC1(OCCCCC2CO2)C[Si](C)(C)[Si](C)(C)[Si](C)(C)O1. The third-order valence-electron chi connectivity index (χ3n) is 6.16. The molecule has 2 saturated heterocycles. The summed E-state index contributed by atoms with van der Waals surface area (Å²) in [5.41, 5.74) is 0. The highest BCUT2D eigenvalue weighted by atomic mass is 29.6. The van der Waals surface area contributed by atoms with E-state index in [2.05, 4.69) is 46.2 Å². The highest BCUT2D eigenvalue weighted by Gasteiger charge is 2.61. The Balaban J connectivity index is 1.88. The molecule has 124 valence electrons. The van der Waals surface area contributed by atoms with E-state index in [0.29, 0.717) is 6.10 Å². The molecule has 2 unspecified atom stereocenters. The summed E-state index contributed by atoms with van der Waals surface area (Å²) < 4.78 is 18.2. The maximum absolute atomic E-state index is 6.64. The summed E-state index contributed by atoms with van der Waals surface area (Å²) >= 11 is 0. The molecule has 0 aromatic rings. The average Bonchev–Trinajstić information content (AvgIpc) is 3.08. The molecule has 0 radical (unpaired) electrons. The molecule has 0 bridgehead atoms. The number of rotatable bonds is 6. The third kappa shape index (κ3) is 3.90. The molecule has 0 aromatic carbocycles. The first-order valence-electron chi connectivity index (χ1n) is 8.45. The van der Waals surface area contributed by atoms with E-state index >= 15 is 0 Å². The van der Waals surface area contributed by atoms with E-state index < -0.39 is 22.5 Å². The molecule has 0 amide bonds. The standard InChI is InChI=1S/C15H34O3Si3/c1-15(17-11-9-8-10-14-12-16-14)13-19(2,3)21(6,7)20(4,5)18-15/h14H,8-13H2,1-7H3. The van der Waals surface area contributed by atoms with E-state index in [9.17, 15) is 0 Å². The van der Waals surface area contributed by atoms with Crippen LogP contribution in [0.1, 0.15) is 26.2 Å². The monoisotopic (exact) mass is 346 g/mol. The van der Waals surface area contributed by atoms with Gasteiger partial charge >= 0.3 is 0 Å². The fraction of sp³-hybridized carbons (Fsp3) is 1.00. The molecular formula is C15H34O3Si3. The van der Waals surface area contributed by atoms with Gasteiger partial charge in [-0.1, -0.05) is 26.2 Å². The van der Waals surface area contributed by atoms with Gasteiger partial charge in [0.05, 0.1) is 19.8 Å². The van der Waals surface area contributed by atoms with E-state index in [4.69, 9.17) is 13.9 Å². The quantitative estimate of drug-likeness (QED) is 0.412. The Bertz CT molecular complexity index is 358. The molecular weight excluding hydrogens is 312 g/mol. The van der Waals surface area contributed by atoms with Crippen LogP contribution in [0, 0.1) is 0 Å². The fourth-order valence-corrected chi connectivity index (χ4v) is 33.6. The van der Waals surface area contributed by atoms with Crippen LogP contribution in [-0.4, -0.2) is 47.6 Å². The minimum atomic E-state index is -1.61. The second kappa shape index (κ2) is 5.87. The Kier molecular flexibility index (Phi) is 5.00. The first kappa shape index (κ1) is 17.9. The van der Waals surface area contributed by atoms with Gasteiger partial charge in [0.1, 0.15) is 0 Å². The summed E-state index contributed by atoms with van der Waals surface area (Å²) in [7, 11) is -4.08. The fourth-order valence-electron chi connectivity index (χ4n) is 3.62. The first-order valence-corrected chi connectivity index (χ1v) is 19.6. The second-order valence-electron chi connectivity index (χ2n) is 8.73. The van der Waals surface area contributed by atoms with Crippen molar-refractivity contribution in [1.29, 1.82) is 0 Å². The van der Waals surface area contributed by atoms with E-state index in [1.165, 1.54) is 18.9 Å². The van der Waals surface area contributed by atoms with Gasteiger partial charge in [0.2, 0.25) is 0 Å². The maximum Gasteiger partial charge on any atom is 0.175 e. The molecule has 6 heteroatoms. The molecule has 2 fully saturated rings. The Morgan fingerprint density at radius 1 is 1.10 bits per heavy atom. The Morgan fingerprint density at radius 3 is 2.24 bits per heavy atom. The summed E-state index contributed by atoms with van der Waals surface area (Å²) in [6.45, 7) is 19.1. The van der Waals surface area contributed by atoms with Gasteiger partial charge < -0.3 is 13.9 Å². The predicted molar refractivity (Wildman–Crippen MR) is 96.3 cm³/mol. The highest BCUT2D eigenvalue weighted by Crippen LogP contribution is 2.44. The molecule has 2 aliphatic rings. The van der Waals surface area contributed by atoms with Gasteiger partial charge in [-0.05, 0) is 45.3 Å². The summed E-state index contributed by atoms with van der Waals surface area (Å²) in [6, 6.07) is 1.17. The topological polar surface area (TPSA) is 31.0 Å². The lowest BCUT2D eigenvalue weighted by Crippen LogP contribution is -2.78. The molecule has 2 rings (SSSR count). The van der Waals surface area contributed by atoms with E-state index in [0.717, 1.165) is 19.6 Å². The van der Waals surface area contributed by atoms with Gasteiger partial charge in [-0.3, -0.25) is 0 Å². The summed E-state index contributed by atoms with van der Waals surface area (Å²) in [5.74, 6) is -0.315. The van der Waals surface area contributed by atoms with Crippen molar-refractivity contribution in [3.05, 3.63) is 0 Å². The number of ether oxygens (including phenoxy) is 2. The Morgan fingerprint density at radius 2 is 1.71 bits per heavy atom. The van der Waals surface area contributed by atoms with Crippen LogP contribution in [0.4, 0.5) is 0 Å². The van der Waals surface area contributed by atoms with Gasteiger partial charge in [-0.15, -0.1) is 0 Å². The summed E-state index contributed by atoms with van der Waals surface area (Å²) in [6.07, 6.45) is 4.09. The van der Waals surface area contributed by atoms with Crippen molar-refractivity contribution >= 4 is 22.5 Å². The zero-order chi connectivity index (χ0) is 15.9. The molecule has 0 saturated carbocycles. The minimum absolute atomic E-state index is 0.315.